The van der Waals surface area contributed by atoms with Crippen molar-refractivity contribution in [1.82, 2.24) is 9.97 Å². The maximum absolute atomic E-state index is 4.38. The molecule has 0 bridgehead atoms. The van der Waals surface area contributed by atoms with Gasteiger partial charge in [0, 0.05) is 27.5 Å². The van der Waals surface area contributed by atoms with E-state index < -0.39 is 0 Å². The van der Waals surface area contributed by atoms with E-state index in [2.05, 4.69) is 33.5 Å². The van der Waals surface area contributed by atoms with Crippen LogP contribution in [0.15, 0.2) is 35.6 Å². The third-order valence-corrected chi connectivity index (χ3v) is 3.99. The summed E-state index contributed by atoms with van der Waals surface area (Å²) < 4.78 is 0. The van der Waals surface area contributed by atoms with Crippen LogP contribution in [0.3, 0.4) is 0 Å². The average molecular weight is 270 g/mol. The second kappa shape index (κ2) is 4.85. The minimum absolute atomic E-state index is 0.825. The number of para-hydroxylation sites is 1. The highest BCUT2D eigenvalue weighted by atomic mass is 32.1. The van der Waals surface area contributed by atoms with Gasteiger partial charge in [-0.05, 0) is 19.9 Å². The Morgan fingerprint density at radius 2 is 2.16 bits per heavy atom. The number of nitrogens with one attached hydrogen (secondary N) is 2. The fraction of sp³-hybridized carbons (Fsp3) is 0.143. The van der Waals surface area contributed by atoms with Gasteiger partial charge < -0.3 is 4.98 Å². The summed E-state index contributed by atoms with van der Waals surface area (Å²) in [5.41, 5.74) is 6.20. The summed E-state index contributed by atoms with van der Waals surface area (Å²) in [7, 11) is 0. The Morgan fingerprint density at radius 3 is 2.95 bits per heavy atom. The van der Waals surface area contributed by atoms with E-state index in [4.69, 9.17) is 0 Å². The number of anilines is 1. The highest BCUT2D eigenvalue weighted by molar-refractivity contribution is 7.15. The van der Waals surface area contributed by atoms with Crippen LogP contribution >= 0.6 is 11.3 Å². The molecule has 0 unspecified atom stereocenters. The molecular formula is C14H14N4S. The van der Waals surface area contributed by atoms with E-state index in [1.807, 2.05) is 37.5 Å². The molecule has 2 heterocycles. The quantitative estimate of drug-likeness (QED) is 0.563. The van der Waals surface area contributed by atoms with E-state index in [0.717, 1.165) is 21.9 Å². The maximum Gasteiger partial charge on any atom is 0.203 e. The molecular weight excluding hydrogens is 256 g/mol. The minimum Gasteiger partial charge on any atom is -0.361 e. The fourth-order valence-corrected chi connectivity index (χ4v) is 2.64. The van der Waals surface area contributed by atoms with Gasteiger partial charge in [0.2, 0.25) is 5.13 Å². The van der Waals surface area contributed by atoms with Crippen LogP contribution in [-0.4, -0.2) is 16.2 Å². The van der Waals surface area contributed by atoms with Gasteiger partial charge in [0.05, 0.1) is 11.9 Å². The molecule has 0 aliphatic rings. The zero-order chi connectivity index (χ0) is 13.2. The molecule has 3 rings (SSSR count). The summed E-state index contributed by atoms with van der Waals surface area (Å²) in [4.78, 5) is 8.81. The summed E-state index contributed by atoms with van der Waals surface area (Å²) in [5, 5.41) is 6.23. The van der Waals surface area contributed by atoms with Crippen LogP contribution in [0.25, 0.3) is 10.9 Å². The van der Waals surface area contributed by atoms with E-state index in [0.29, 0.717) is 0 Å². The van der Waals surface area contributed by atoms with Crippen LogP contribution in [0.4, 0.5) is 5.13 Å². The molecule has 0 aliphatic heterocycles. The third kappa shape index (κ3) is 2.37. The molecule has 0 aliphatic carbocycles. The highest BCUT2D eigenvalue weighted by Crippen LogP contribution is 2.21. The molecule has 4 nitrogen and oxygen atoms in total. The van der Waals surface area contributed by atoms with Crippen molar-refractivity contribution in [2.24, 2.45) is 5.10 Å². The lowest BCUT2D eigenvalue weighted by Crippen LogP contribution is -1.89. The number of aryl methyl sites for hydroxylation is 2. The van der Waals surface area contributed by atoms with Gasteiger partial charge in [-0.3, -0.25) is 5.43 Å². The molecule has 2 aromatic heterocycles. The number of fused-ring (bicyclic) bond motifs is 1. The number of benzene rings is 1. The Labute approximate surface area is 115 Å². The summed E-state index contributed by atoms with van der Waals surface area (Å²) in [5.74, 6) is 0. The smallest absolute Gasteiger partial charge is 0.203 e. The zero-order valence-electron chi connectivity index (χ0n) is 10.8. The van der Waals surface area contributed by atoms with Gasteiger partial charge in [-0.1, -0.05) is 18.2 Å². The van der Waals surface area contributed by atoms with Crippen LogP contribution in [0.2, 0.25) is 0 Å². The lowest BCUT2D eigenvalue weighted by Gasteiger charge is -1.93. The van der Waals surface area contributed by atoms with Crippen molar-refractivity contribution < 1.29 is 0 Å². The fourth-order valence-electron chi connectivity index (χ4n) is 1.88. The number of hydrogen-bond acceptors (Lipinski definition) is 4. The van der Waals surface area contributed by atoms with Crippen LogP contribution in [0.1, 0.15) is 16.1 Å². The first kappa shape index (κ1) is 11.9. The summed E-state index contributed by atoms with van der Waals surface area (Å²) in [6.45, 7) is 4.06. The van der Waals surface area contributed by atoms with Crippen LogP contribution in [-0.2, 0) is 0 Å². The Hall–Kier alpha value is -2.14. The van der Waals surface area contributed by atoms with Gasteiger partial charge in [0.25, 0.3) is 0 Å². The molecule has 0 atom stereocenters. The second-order valence-corrected chi connectivity index (χ2v) is 5.52. The van der Waals surface area contributed by atoms with Crippen molar-refractivity contribution in [3.8, 4) is 0 Å². The van der Waals surface area contributed by atoms with Crippen molar-refractivity contribution in [3.63, 3.8) is 0 Å². The Morgan fingerprint density at radius 1 is 1.32 bits per heavy atom. The van der Waals surface area contributed by atoms with Crippen molar-refractivity contribution in [3.05, 3.63) is 46.6 Å². The van der Waals surface area contributed by atoms with Crippen molar-refractivity contribution in [1.29, 1.82) is 0 Å². The molecule has 2 N–H and O–H groups in total. The number of hydrazone groups is 1. The third-order valence-electron chi connectivity index (χ3n) is 3.01. The molecule has 0 spiro atoms. The molecule has 0 saturated heterocycles. The van der Waals surface area contributed by atoms with Crippen molar-refractivity contribution in [2.75, 3.05) is 5.43 Å². The summed E-state index contributed by atoms with van der Waals surface area (Å²) in [6, 6.07) is 8.16. The predicted octanol–water partition coefficient (Wildman–Crippen LogP) is 3.69. The lowest BCUT2D eigenvalue weighted by molar-refractivity contribution is 1.20. The summed E-state index contributed by atoms with van der Waals surface area (Å²) in [6.07, 6.45) is 3.76. The van der Waals surface area contributed by atoms with E-state index in [-0.39, 0.29) is 0 Å². The molecule has 3 aromatic rings. The number of aromatic amines is 1. The lowest BCUT2D eigenvalue weighted by atomic mass is 10.2. The van der Waals surface area contributed by atoms with Gasteiger partial charge >= 0.3 is 0 Å². The molecule has 0 radical (unpaired) electrons. The van der Waals surface area contributed by atoms with Crippen LogP contribution < -0.4 is 5.43 Å². The zero-order valence-corrected chi connectivity index (χ0v) is 11.6. The predicted molar refractivity (Wildman–Crippen MR) is 81.1 cm³/mol. The number of H-pyrrole nitrogens is 1. The number of aromatic nitrogens is 2. The first-order valence-electron chi connectivity index (χ1n) is 6.03. The van der Waals surface area contributed by atoms with Crippen LogP contribution in [0, 0.1) is 13.8 Å². The Kier molecular flexibility index (Phi) is 3.05. The summed E-state index contributed by atoms with van der Waals surface area (Å²) >= 11 is 1.61. The SMILES string of the molecule is Cc1nc(NN=Cc2c[nH]c3ccccc23)sc1C. The number of hydrogen-bond donors (Lipinski definition) is 2. The van der Waals surface area contributed by atoms with E-state index >= 15 is 0 Å². The first-order chi connectivity index (χ1) is 9.24. The van der Waals surface area contributed by atoms with E-state index in [1.165, 1.54) is 10.3 Å². The maximum atomic E-state index is 4.38. The van der Waals surface area contributed by atoms with Crippen molar-refractivity contribution in [2.45, 2.75) is 13.8 Å². The van der Waals surface area contributed by atoms with Gasteiger partial charge in [-0.15, -0.1) is 11.3 Å². The molecule has 96 valence electrons. The highest BCUT2D eigenvalue weighted by Gasteiger charge is 2.02. The second-order valence-electron chi connectivity index (χ2n) is 4.32. The van der Waals surface area contributed by atoms with Gasteiger partial charge in [-0.25, -0.2) is 4.98 Å². The average Bonchev–Trinajstić information content (AvgIpc) is 2.95. The normalized spacial score (nSPS) is 11.5. The standard InChI is InChI=1S/C14H14N4S/c1-9-10(2)19-14(17-9)18-16-8-11-7-15-13-6-4-3-5-12(11)13/h3-8,15H,1-2H3,(H,17,18). The molecule has 0 saturated carbocycles. The molecule has 5 heteroatoms. The van der Waals surface area contributed by atoms with Gasteiger partial charge in [-0.2, -0.15) is 5.10 Å². The molecule has 1 aromatic carbocycles. The van der Waals surface area contributed by atoms with Crippen molar-refractivity contribution >= 4 is 33.6 Å². The Balaban J connectivity index is 1.79. The first-order valence-corrected chi connectivity index (χ1v) is 6.85. The number of thiazole rings is 1. The Bertz CT molecular complexity index is 719. The monoisotopic (exact) mass is 270 g/mol. The number of nitrogens with zero attached hydrogens (tertiary/aromatic N) is 2. The van der Waals surface area contributed by atoms with Gasteiger partial charge in [0.1, 0.15) is 0 Å². The van der Waals surface area contributed by atoms with Gasteiger partial charge in [0.15, 0.2) is 0 Å². The largest absolute Gasteiger partial charge is 0.361 e. The minimum atomic E-state index is 0.825. The molecule has 19 heavy (non-hydrogen) atoms. The topological polar surface area (TPSA) is 53.1 Å². The molecule has 0 amide bonds. The van der Waals surface area contributed by atoms with E-state index in [9.17, 15) is 0 Å². The molecule has 0 fully saturated rings. The number of rotatable bonds is 3. The van der Waals surface area contributed by atoms with E-state index in [1.54, 1.807) is 11.3 Å². The van der Waals surface area contributed by atoms with Crippen LogP contribution in [0.5, 0.6) is 0 Å².